The van der Waals surface area contributed by atoms with E-state index >= 15 is 0 Å². The van der Waals surface area contributed by atoms with Gasteiger partial charge in [0, 0.05) is 16.3 Å². The highest BCUT2D eigenvalue weighted by atomic mass is 35.5. The van der Waals surface area contributed by atoms with E-state index in [1.165, 1.54) is 23.9 Å². The summed E-state index contributed by atoms with van der Waals surface area (Å²) in [6.07, 6.45) is 0. The number of hydrogen-bond donors (Lipinski definition) is 1. The molecule has 2 aromatic carbocycles. The van der Waals surface area contributed by atoms with Gasteiger partial charge < -0.3 is 5.73 Å². The maximum atomic E-state index is 13.6. The zero-order chi connectivity index (χ0) is 13.1. The second-order valence-electron chi connectivity index (χ2n) is 3.69. The van der Waals surface area contributed by atoms with Gasteiger partial charge >= 0.3 is 0 Å². The van der Waals surface area contributed by atoms with Crippen molar-refractivity contribution >= 4 is 29.1 Å². The Morgan fingerprint density at radius 1 is 1.17 bits per heavy atom. The van der Waals surface area contributed by atoms with Gasteiger partial charge in [-0.25, -0.2) is 8.78 Å². The molecule has 0 unspecified atom stereocenters. The van der Waals surface area contributed by atoms with E-state index in [9.17, 15) is 8.78 Å². The predicted octanol–water partition coefficient (Wildman–Crippen LogP) is 4.49. The van der Waals surface area contributed by atoms with Gasteiger partial charge in [0.1, 0.15) is 11.6 Å². The molecule has 18 heavy (non-hydrogen) atoms. The molecule has 0 saturated carbocycles. The number of nitrogens with two attached hydrogens (primary N) is 1. The molecule has 2 aromatic rings. The van der Waals surface area contributed by atoms with Crippen molar-refractivity contribution in [1.29, 1.82) is 0 Å². The summed E-state index contributed by atoms with van der Waals surface area (Å²) in [6.45, 7) is 0. The molecule has 1 nitrogen and oxygen atoms in total. The molecule has 0 bridgehead atoms. The molecule has 0 aromatic heterocycles. The lowest BCUT2D eigenvalue weighted by Gasteiger charge is -2.06. The minimum Gasteiger partial charge on any atom is -0.399 e. The lowest BCUT2D eigenvalue weighted by Crippen LogP contribution is -1.91. The van der Waals surface area contributed by atoms with Crippen molar-refractivity contribution in [2.24, 2.45) is 0 Å². The van der Waals surface area contributed by atoms with Crippen molar-refractivity contribution in [3.63, 3.8) is 0 Å². The van der Waals surface area contributed by atoms with Crippen molar-refractivity contribution in [2.45, 2.75) is 10.6 Å². The lowest BCUT2D eigenvalue weighted by atomic mass is 10.2. The predicted molar refractivity (Wildman–Crippen MR) is 71.8 cm³/mol. The van der Waals surface area contributed by atoms with Crippen LogP contribution in [0, 0.1) is 11.6 Å². The second kappa shape index (κ2) is 5.59. The molecule has 5 heteroatoms. The van der Waals surface area contributed by atoms with E-state index in [2.05, 4.69) is 0 Å². The number of hydrogen-bond acceptors (Lipinski definition) is 2. The average molecular weight is 286 g/mol. The van der Waals surface area contributed by atoms with Crippen LogP contribution in [0.2, 0.25) is 5.02 Å². The zero-order valence-corrected chi connectivity index (χ0v) is 10.9. The molecule has 0 atom stereocenters. The van der Waals surface area contributed by atoms with Gasteiger partial charge in [-0.2, -0.15) is 0 Å². The first kappa shape index (κ1) is 13.2. The van der Waals surface area contributed by atoms with E-state index in [0.717, 1.165) is 0 Å². The Bertz CT molecular complexity index is 575. The summed E-state index contributed by atoms with van der Waals surface area (Å²) in [5, 5.41) is 0.0749. The Balaban J connectivity index is 2.14. The van der Waals surface area contributed by atoms with Crippen LogP contribution in [-0.4, -0.2) is 0 Å². The van der Waals surface area contributed by atoms with Gasteiger partial charge in [0.05, 0.1) is 5.02 Å². The van der Waals surface area contributed by atoms with Crippen LogP contribution in [0.25, 0.3) is 0 Å². The van der Waals surface area contributed by atoms with Crippen LogP contribution in [-0.2, 0) is 5.75 Å². The van der Waals surface area contributed by atoms with E-state index in [4.69, 9.17) is 17.3 Å². The molecule has 0 radical (unpaired) electrons. The van der Waals surface area contributed by atoms with Gasteiger partial charge in [-0.05, 0) is 29.8 Å². The van der Waals surface area contributed by atoms with Crippen LogP contribution < -0.4 is 5.73 Å². The van der Waals surface area contributed by atoms with Crippen molar-refractivity contribution in [3.8, 4) is 0 Å². The minimum atomic E-state index is -0.456. The maximum Gasteiger partial charge on any atom is 0.145 e. The topological polar surface area (TPSA) is 26.0 Å². The number of thioether (sulfide) groups is 1. The van der Waals surface area contributed by atoms with E-state index < -0.39 is 11.6 Å². The maximum absolute atomic E-state index is 13.6. The molecule has 2 N–H and O–H groups in total. The number of halogens is 3. The first-order valence-corrected chi connectivity index (χ1v) is 6.55. The Morgan fingerprint density at radius 3 is 2.67 bits per heavy atom. The van der Waals surface area contributed by atoms with Gasteiger partial charge in [-0.3, -0.25) is 0 Å². The highest BCUT2D eigenvalue weighted by Gasteiger charge is 2.08. The molecule has 0 spiro atoms. The van der Waals surface area contributed by atoms with Crippen LogP contribution >= 0.6 is 23.4 Å². The average Bonchev–Trinajstić information content (AvgIpc) is 2.33. The van der Waals surface area contributed by atoms with Crippen LogP contribution in [0.1, 0.15) is 5.56 Å². The number of nitrogen functional groups attached to an aromatic ring is 1. The summed E-state index contributed by atoms with van der Waals surface area (Å²) in [7, 11) is 0. The van der Waals surface area contributed by atoms with Crippen LogP contribution in [0.15, 0.2) is 41.3 Å². The summed E-state index contributed by atoms with van der Waals surface area (Å²) in [5.41, 5.74) is 6.27. The quantitative estimate of drug-likeness (QED) is 0.664. The van der Waals surface area contributed by atoms with E-state index in [1.54, 1.807) is 24.3 Å². The largest absolute Gasteiger partial charge is 0.399 e. The van der Waals surface area contributed by atoms with E-state index in [1.807, 2.05) is 0 Å². The molecule has 0 aliphatic heterocycles. The van der Waals surface area contributed by atoms with Gasteiger partial charge in [-0.15, -0.1) is 11.8 Å². The molecule has 94 valence electrons. The number of rotatable bonds is 3. The lowest BCUT2D eigenvalue weighted by molar-refractivity contribution is 0.602. The van der Waals surface area contributed by atoms with E-state index in [0.29, 0.717) is 21.9 Å². The summed E-state index contributed by atoms with van der Waals surface area (Å²) in [4.78, 5) is 0.434. The summed E-state index contributed by atoms with van der Waals surface area (Å²) in [5.74, 6) is -0.544. The zero-order valence-electron chi connectivity index (χ0n) is 9.29. The third-order valence-electron chi connectivity index (χ3n) is 2.37. The molecule has 0 heterocycles. The number of benzene rings is 2. The number of anilines is 1. The Morgan fingerprint density at radius 2 is 1.94 bits per heavy atom. The SMILES string of the molecule is Nc1ccc(SCc2cccc(Cl)c2F)c(F)c1. The monoisotopic (exact) mass is 285 g/mol. The summed E-state index contributed by atoms with van der Waals surface area (Å²) >= 11 is 6.88. The van der Waals surface area contributed by atoms with Crippen LogP contribution in [0.3, 0.4) is 0 Å². The molecular formula is C13H10ClF2NS. The summed E-state index contributed by atoms with van der Waals surface area (Å²) < 4.78 is 27.1. The highest BCUT2D eigenvalue weighted by molar-refractivity contribution is 7.98. The third-order valence-corrected chi connectivity index (χ3v) is 3.76. The highest BCUT2D eigenvalue weighted by Crippen LogP contribution is 2.29. The van der Waals surface area contributed by atoms with Gasteiger partial charge in [0.2, 0.25) is 0 Å². The Hall–Kier alpha value is -1.26. The molecule has 0 fully saturated rings. The molecular weight excluding hydrogens is 276 g/mol. The van der Waals surface area contributed by atoms with E-state index in [-0.39, 0.29) is 5.02 Å². The Labute approximate surface area is 113 Å². The van der Waals surface area contributed by atoms with Crippen molar-refractivity contribution in [3.05, 3.63) is 58.6 Å². The smallest absolute Gasteiger partial charge is 0.145 e. The third kappa shape index (κ3) is 2.94. The van der Waals surface area contributed by atoms with Crippen molar-refractivity contribution < 1.29 is 8.78 Å². The van der Waals surface area contributed by atoms with Gasteiger partial charge in [-0.1, -0.05) is 23.7 Å². The van der Waals surface area contributed by atoms with Gasteiger partial charge in [0.25, 0.3) is 0 Å². The molecule has 2 rings (SSSR count). The fraction of sp³-hybridized carbons (Fsp3) is 0.0769. The van der Waals surface area contributed by atoms with Crippen LogP contribution in [0.5, 0.6) is 0 Å². The van der Waals surface area contributed by atoms with Crippen LogP contribution in [0.4, 0.5) is 14.5 Å². The first-order chi connectivity index (χ1) is 8.58. The molecule has 0 saturated heterocycles. The fourth-order valence-corrected chi connectivity index (χ4v) is 2.54. The van der Waals surface area contributed by atoms with Crippen molar-refractivity contribution in [1.82, 2.24) is 0 Å². The minimum absolute atomic E-state index is 0.0749. The normalized spacial score (nSPS) is 10.6. The molecule has 0 amide bonds. The summed E-state index contributed by atoms with van der Waals surface area (Å²) in [6, 6.07) is 9.22. The van der Waals surface area contributed by atoms with Crippen molar-refractivity contribution in [2.75, 3.05) is 5.73 Å². The standard InChI is InChI=1S/C13H10ClF2NS/c14-10-3-1-2-8(13(10)16)7-18-12-5-4-9(17)6-11(12)15/h1-6H,7,17H2. The second-order valence-corrected chi connectivity index (χ2v) is 5.12. The Kier molecular flexibility index (Phi) is 4.09. The fourth-order valence-electron chi connectivity index (χ4n) is 1.45. The first-order valence-electron chi connectivity index (χ1n) is 5.18. The molecule has 0 aliphatic rings. The van der Waals surface area contributed by atoms with Gasteiger partial charge in [0.15, 0.2) is 0 Å². The molecule has 0 aliphatic carbocycles.